The van der Waals surface area contributed by atoms with E-state index in [4.69, 9.17) is 14.2 Å². The minimum Gasteiger partial charge on any atom is -0.493 e. The van der Waals surface area contributed by atoms with Crippen molar-refractivity contribution in [1.29, 1.82) is 0 Å². The molecule has 1 aliphatic rings. The summed E-state index contributed by atoms with van der Waals surface area (Å²) in [6, 6.07) is 3.67. The first kappa shape index (κ1) is 16.8. The van der Waals surface area contributed by atoms with Gasteiger partial charge in [-0.2, -0.15) is 0 Å². The van der Waals surface area contributed by atoms with Gasteiger partial charge in [-0.05, 0) is 32.9 Å². The van der Waals surface area contributed by atoms with Crippen molar-refractivity contribution in [2.75, 3.05) is 46.1 Å². The Morgan fingerprint density at radius 1 is 1.18 bits per heavy atom. The van der Waals surface area contributed by atoms with Gasteiger partial charge in [0, 0.05) is 18.7 Å². The Kier molecular flexibility index (Phi) is 6.21. The predicted octanol–water partition coefficient (Wildman–Crippen LogP) is 2.31. The summed E-state index contributed by atoms with van der Waals surface area (Å²) >= 11 is 0. The highest BCUT2D eigenvalue weighted by atomic mass is 16.5. The highest BCUT2D eigenvalue weighted by Crippen LogP contribution is 2.32. The number of benzene rings is 1. The van der Waals surface area contributed by atoms with Crippen molar-refractivity contribution in [3.63, 3.8) is 0 Å². The van der Waals surface area contributed by atoms with Crippen LogP contribution in [0.15, 0.2) is 12.1 Å². The van der Waals surface area contributed by atoms with Crippen molar-refractivity contribution < 1.29 is 19.0 Å². The van der Waals surface area contributed by atoms with Crippen LogP contribution >= 0.6 is 0 Å². The monoisotopic (exact) mass is 307 g/mol. The van der Waals surface area contributed by atoms with Crippen molar-refractivity contribution in [1.82, 2.24) is 4.90 Å². The molecule has 122 valence electrons. The molecule has 0 saturated carbocycles. The fourth-order valence-corrected chi connectivity index (χ4v) is 2.58. The fraction of sp³-hybridized carbons (Fsp3) is 0.588. The van der Waals surface area contributed by atoms with Crippen LogP contribution in [0.3, 0.4) is 0 Å². The molecule has 1 aromatic carbocycles. The number of ether oxygens (including phenoxy) is 3. The third-order valence-corrected chi connectivity index (χ3v) is 3.72. The van der Waals surface area contributed by atoms with E-state index in [1.807, 2.05) is 32.9 Å². The second-order valence-corrected chi connectivity index (χ2v) is 5.24. The molecule has 0 amide bonds. The van der Waals surface area contributed by atoms with Gasteiger partial charge in [-0.1, -0.05) is 0 Å². The molecule has 1 aliphatic heterocycles. The molecule has 1 heterocycles. The Balaban J connectivity index is 2.20. The SMILES string of the molecule is CCOc1ccc(C(=O)CN2CCOCC2)c(OCC)c1C. The summed E-state index contributed by atoms with van der Waals surface area (Å²) in [6.45, 7) is 10.3. The van der Waals surface area contributed by atoms with Gasteiger partial charge in [-0.25, -0.2) is 0 Å². The van der Waals surface area contributed by atoms with Gasteiger partial charge in [-0.15, -0.1) is 0 Å². The molecule has 0 radical (unpaired) electrons. The van der Waals surface area contributed by atoms with E-state index in [1.165, 1.54) is 0 Å². The van der Waals surface area contributed by atoms with E-state index in [1.54, 1.807) is 0 Å². The number of carbonyl (C=O) groups excluding carboxylic acids is 1. The summed E-state index contributed by atoms with van der Waals surface area (Å²) in [6.07, 6.45) is 0. The number of hydrogen-bond donors (Lipinski definition) is 0. The molecule has 0 bridgehead atoms. The second-order valence-electron chi connectivity index (χ2n) is 5.24. The summed E-state index contributed by atoms with van der Waals surface area (Å²) < 4.78 is 16.6. The topological polar surface area (TPSA) is 48.0 Å². The molecule has 0 atom stereocenters. The summed E-state index contributed by atoms with van der Waals surface area (Å²) in [5.41, 5.74) is 1.52. The first-order valence-corrected chi connectivity index (χ1v) is 7.89. The Morgan fingerprint density at radius 2 is 1.86 bits per heavy atom. The van der Waals surface area contributed by atoms with Gasteiger partial charge < -0.3 is 14.2 Å². The van der Waals surface area contributed by atoms with Crippen LogP contribution in [-0.4, -0.2) is 56.7 Å². The molecule has 5 nitrogen and oxygen atoms in total. The van der Waals surface area contributed by atoms with Crippen LogP contribution in [-0.2, 0) is 4.74 Å². The highest BCUT2D eigenvalue weighted by Gasteiger charge is 2.21. The molecule has 0 aromatic heterocycles. The number of hydrogen-bond acceptors (Lipinski definition) is 5. The molecule has 1 saturated heterocycles. The van der Waals surface area contributed by atoms with E-state index in [9.17, 15) is 4.79 Å². The third kappa shape index (κ3) is 3.99. The zero-order valence-electron chi connectivity index (χ0n) is 13.7. The van der Waals surface area contributed by atoms with Crippen LogP contribution in [0.5, 0.6) is 11.5 Å². The van der Waals surface area contributed by atoms with E-state index in [0.29, 0.717) is 44.3 Å². The van der Waals surface area contributed by atoms with Crippen LogP contribution in [0, 0.1) is 6.92 Å². The Bertz CT molecular complexity index is 510. The molecule has 1 aromatic rings. The lowest BCUT2D eigenvalue weighted by atomic mass is 10.0. The summed E-state index contributed by atoms with van der Waals surface area (Å²) in [5.74, 6) is 1.50. The number of rotatable bonds is 7. The summed E-state index contributed by atoms with van der Waals surface area (Å²) in [4.78, 5) is 14.7. The van der Waals surface area contributed by atoms with Gasteiger partial charge in [0.2, 0.25) is 0 Å². The largest absolute Gasteiger partial charge is 0.493 e. The summed E-state index contributed by atoms with van der Waals surface area (Å²) in [5, 5.41) is 0. The van der Waals surface area contributed by atoms with E-state index in [0.717, 1.165) is 24.4 Å². The third-order valence-electron chi connectivity index (χ3n) is 3.72. The van der Waals surface area contributed by atoms with Gasteiger partial charge in [0.25, 0.3) is 0 Å². The van der Waals surface area contributed by atoms with Crippen LogP contribution < -0.4 is 9.47 Å². The van der Waals surface area contributed by atoms with Gasteiger partial charge in [0.1, 0.15) is 11.5 Å². The fourth-order valence-electron chi connectivity index (χ4n) is 2.58. The zero-order chi connectivity index (χ0) is 15.9. The van der Waals surface area contributed by atoms with E-state index >= 15 is 0 Å². The zero-order valence-corrected chi connectivity index (χ0v) is 13.7. The molecule has 5 heteroatoms. The maximum absolute atomic E-state index is 12.6. The lowest BCUT2D eigenvalue weighted by Crippen LogP contribution is -2.39. The molecule has 2 rings (SSSR count). The van der Waals surface area contributed by atoms with Gasteiger partial charge in [0.15, 0.2) is 5.78 Å². The average molecular weight is 307 g/mol. The van der Waals surface area contributed by atoms with E-state index in [2.05, 4.69) is 4.90 Å². The Labute approximate surface area is 132 Å². The van der Waals surface area contributed by atoms with Crippen molar-refractivity contribution in [3.8, 4) is 11.5 Å². The van der Waals surface area contributed by atoms with Gasteiger partial charge in [0.05, 0.1) is 38.5 Å². The van der Waals surface area contributed by atoms with E-state index < -0.39 is 0 Å². The van der Waals surface area contributed by atoms with Crippen LogP contribution in [0.1, 0.15) is 29.8 Å². The Morgan fingerprint density at radius 3 is 2.50 bits per heavy atom. The molecule has 0 unspecified atom stereocenters. The molecular formula is C17H25NO4. The summed E-state index contributed by atoms with van der Waals surface area (Å²) in [7, 11) is 0. The maximum Gasteiger partial charge on any atom is 0.180 e. The highest BCUT2D eigenvalue weighted by molar-refractivity contribution is 6.00. The van der Waals surface area contributed by atoms with Crippen LogP contribution in [0.25, 0.3) is 0 Å². The quantitative estimate of drug-likeness (QED) is 0.724. The molecular weight excluding hydrogens is 282 g/mol. The normalized spacial score (nSPS) is 15.6. The van der Waals surface area contributed by atoms with Crippen LogP contribution in [0.2, 0.25) is 0 Å². The lowest BCUT2D eigenvalue weighted by molar-refractivity contribution is 0.0370. The van der Waals surface area contributed by atoms with Crippen LogP contribution in [0.4, 0.5) is 0 Å². The molecule has 0 spiro atoms. The second kappa shape index (κ2) is 8.15. The van der Waals surface area contributed by atoms with Crippen molar-refractivity contribution in [2.45, 2.75) is 20.8 Å². The first-order valence-electron chi connectivity index (χ1n) is 7.89. The molecule has 1 fully saturated rings. The Hall–Kier alpha value is -1.59. The number of ketones is 1. The number of nitrogens with zero attached hydrogens (tertiary/aromatic N) is 1. The number of morpholine rings is 1. The predicted molar refractivity (Wildman–Crippen MR) is 85.1 cm³/mol. The van der Waals surface area contributed by atoms with Crippen molar-refractivity contribution >= 4 is 5.78 Å². The smallest absolute Gasteiger partial charge is 0.180 e. The minimum atomic E-state index is 0.0801. The van der Waals surface area contributed by atoms with Crippen molar-refractivity contribution in [2.24, 2.45) is 0 Å². The molecule has 22 heavy (non-hydrogen) atoms. The first-order chi connectivity index (χ1) is 10.7. The lowest BCUT2D eigenvalue weighted by Gasteiger charge is -2.26. The van der Waals surface area contributed by atoms with Crippen molar-refractivity contribution in [3.05, 3.63) is 23.3 Å². The number of carbonyl (C=O) groups is 1. The maximum atomic E-state index is 12.6. The van der Waals surface area contributed by atoms with Gasteiger partial charge >= 0.3 is 0 Å². The van der Waals surface area contributed by atoms with E-state index in [-0.39, 0.29) is 5.78 Å². The molecule has 0 aliphatic carbocycles. The van der Waals surface area contributed by atoms with Gasteiger partial charge in [-0.3, -0.25) is 9.69 Å². The minimum absolute atomic E-state index is 0.0801. The number of Topliss-reactive ketones (excluding diaryl/α,β-unsaturated/α-hetero) is 1. The average Bonchev–Trinajstić information content (AvgIpc) is 2.52. The molecule has 0 N–H and O–H groups in total. The standard InChI is InChI=1S/C17H25NO4/c1-4-21-16-7-6-14(17(13(16)3)22-5-2)15(19)12-18-8-10-20-11-9-18/h6-7H,4-5,8-12H2,1-3H3.